The van der Waals surface area contributed by atoms with Crippen molar-refractivity contribution in [2.45, 2.75) is 115 Å². The van der Waals surface area contributed by atoms with Gasteiger partial charge in [-0.3, -0.25) is 24.0 Å². The first-order valence-electron chi connectivity index (χ1n) is 18.6. The maximum atomic E-state index is 14.0. The molecule has 2 aromatic carbocycles. The highest BCUT2D eigenvalue weighted by atomic mass is 16.7. The van der Waals surface area contributed by atoms with Crippen molar-refractivity contribution in [2.75, 3.05) is 26.7 Å². The predicted molar refractivity (Wildman–Crippen MR) is 196 cm³/mol. The Morgan fingerprint density at radius 2 is 1.66 bits per heavy atom. The molecule has 56 heavy (non-hydrogen) atoms. The molecule has 0 bridgehead atoms. The van der Waals surface area contributed by atoms with E-state index in [2.05, 4.69) is 16.0 Å². The molecule has 0 saturated carbocycles. The summed E-state index contributed by atoms with van der Waals surface area (Å²) in [4.78, 5) is 64.5. The Morgan fingerprint density at radius 1 is 0.982 bits per heavy atom. The van der Waals surface area contributed by atoms with E-state index in [1.165, 1.54) is 39.2 Å². The van der Waals surface area contributed by atoms with Crippen LogP contribution in [0.5, 0.6) is 17.2 Å². The van der Waals surface area contributed by atoms with Crippen molar-refractivity contribution in [1.29, 1.82) is 0 Å². The molecule has 3 aliphatic rings. The molecule has 17 heteroatoms. The van der Waals surface area contributed by atoms with Crippen LogP contribution < -0.4 is 20.7 Å². The number of aliphatic hydroxyl groups excluding tert-OH is 1. The summed E-state index contributed by atoms with van der Waals surface area (Å²) in [5.74, 6) is -4.82. The molecule has 4 unspecified atom stereocenters. The SMILES string of the molecule is COc1cccc2c1C(=O)c1c(O)c3c(c(O)c1C2=O)C[C@@](O)(C(=O)NCCNC(C)C)C[C@@H]3OC1CC(NCCCC(OC(C)=O)OC(C)=O)C(O)C(C)O1. The third kappa shape index (κ3) is 8.98. The van der Waals surface area contributed by atoms with Crippen molar-refractivity contribution in [3.8, 4) is 17.2 Å². The lowest BCUT2D eigenvalue weighted by Gasteiger charge is -2.43. The second kappa shape index (κ2) is 17.7. The number of esters is 2. The quantitative estimate of drug-likeness (QED) is 0.0498. The first-order chi connectivity index (χ1) is 26.5. The normalized spacial score (nSPS) is 24.3. The van der Waals surface area contributed by atoms with Crippen molar-refractivity contribution in [3.63, 3.8) is 0 Å². The Bertz CT molecular complexity index is 1830. The monoisotopic (exact) mass is 785 g/mol. The number of rotatable bonds is 15. The highest BCUT2D eigenvalue weighted by molar-refractivity contribution is 6.31. The van der Waals surface area contributed by atoms with E-state index in [4.69, 9.17) is 23.7 Å². The maximum absolute atomic E-state index is 14.0. The maximum Gasteiger partial charge on any atom is 0.305 e. The number of hydrogen-bond donors (Lipinski definition) is 7. The number of hydrogen-bond acceptors (Lipinski definition) is 16. The molecule has 0 radical (unpaired) electrons. The van der Waals surface area contributed by atoms with Crippen LogP contribution in [-0.4, -0.2) is 119 Å². The Labute approximate surface area is 324 Å². The minimum absolute atomic E-state index is 0.0276. The lowest BCUT2D eigenvalue weighted by molar-refractivity contribution is -0.249. The lowest BCUT2D eigenvalue weighted by Crippen LogP contribution is -2.55. The fraction of sp³-hybridized carbons (Fsp3) is 0.564. The fourth-order valence-corrected chi connectivity index (χ4v) is 7.50. The van der Waals surface area contributed by atoms with E-state index in [-0.39, 0.29) is 53.4 Å². The van der Waals surface area contributed by atoms with Crippen molar-refractivity contribution < 1.29 is 68.1 Å². The van der Waals surface area contributed by atoms with Gasteiger partial charge in [0, 0.05) is 81.4 Å². The summed E-state index contributed by atoms with van der Waals surface area (Å²) in [6, 6.07) is 3.91. The number of nitrogens with one attached hydrogen (secondary N) is 3. The highest BCUT2D eigenvalue weighted by Gasteiger charge is 2.50. The Kier molecular flexibility index (Phi) is 13.4. The number of ether oxygens (including phenoxy) is 5. The summed E-state index contributed by atoms with van der Waals surface area (Å²) >= 11 is 0. The smallest absolute Gasteiger partial charge is 0.305 e. The van der Waals surface area contributed by atoms with Gasteiger partial charge in [-0.25, -0.2) is 0 Å². The number of amides is 1. The molecule has 5 rings (SSSR count). The Morgan fingerprint density at radius 3 is 2.30 bits per heavy atom. The fourth-order valence-electron chi connectivity index (χ4n) is 7.50. The van der Waals surface area contributed by atoms with Gasteiger partial charge in [0.2, 0.25) is 12.1 Å². The number of ketones is 2. The van der Waals surface area contributed by atoms with Gasteiger partial charge in [0.15, 0.2) is 12.1 Å². The highest BCUT2D eigenvalue weighted by Crippen LogP contribution is 2.52. The summed E-state index contributed by atoms with van der Waals surface area (Å²) in [7, 11) is 1.33. The Hall–Kier alpha value is -4.65. The molecule has 2 aliphatic carbocycles. The van der Waals surface area contributed by atoms with E-state index < -0.39 is 107 Å². The van der Waals surface area contributed by atoms with Crippen LogP contribution in [0.25, 0.3) is 0 Å². The van der Waals surface area contributed by atoms with Gasteiger partial charge in [-0.05, 0) is 26.0 Å². The first kappa shape index (κ1) is 42.5. The molecule has 1 amide bonds. The molecule has 1 aliphatic heterocycles. The molecule has 0 aromatic heterocycles. The molecule has 1 saturated heterocycles. The van der Waals surface area contributed by atoms with Crippen molar-refractivity contribution in [3.05, 3.63) is 51.6 Å². The lowest BCUT2D eigenvalue weighted by atomic mass is 9.72. The molecule has 1 heterocycles. The number of benzene rings is 2. The topological polar surface area (TPSA) is 249 Å². The largest absolute Gasteiger partial charge is 0.507 e. The molecule has 306 valence electrons. The van der Waals surface area contributed by atoms with Crippen LogP contribution in [0, 0.1) is 0 Å². The second-order valence-electron chi connectivity index (χ2n) is 14.6. The van der Waals surface area contributed by atoms with Crippen LogP contribution in [0.3, 0.4) is 0 Å². The van der Waals surface area contributed by atoms with E-state index in [0.717, 1.165) is 0 Å². The van der Waals surface area contributed by atoms with Gasteiger partial charge < -0.3 is 60.1 Å². The summed E-state index contributed by atoms with van der Waals surface area (Å²) in [6.07, 6.45) is -5.78. The molecular formula is C39H51N3O14. The Balaban J connectivity index is 1.45. The van der Waals surface area contributed by atoms with Gasteiger partial charge in [-0.15, -0.1) is 0 Å². The van der Waals surface area contributed by atoms with Gasteiger partial charge >= 0.3 is 11.9 Å². The van der Waals surface area contributed by atoms with Gasteiger partial charge in [-0.2, -0.15) is 0 Å². The molecule has 1 fully saturated rings. The standard InChI is InChI=1S/C39H51N3O14/c1-18(2)40-13-14-42-38(50)39(51)16-23-30(37(49)32-31(35(23)47)34(46)22-9-7-10-25(52-6)29(22)36(32)48)26(17-39)56-28-15-24(33(45)19(3)53-28)41-12-8-11-27(54-20(4)43)55-21(5)44/h7,9-10,18-19,24,26-28,33,40-41,45,47,49,51H,8,11-17H2,1-6H3,(H,42,50)/t19?,24?,26-,28?,33?,39-/m0/s1. The molecule has 7 N–H and O–H groups in total. The molecule has 0 spiro atoms. The zero-order valence-electron chi connectivity index (χ0n) is 32.3. The van der Waals surface area contributed by atoms with Crippen LogP contribution >= 0.6 is 0 Å². The number of phenols is 2. The predicted octanol–water partition coefficient (Wildman–Crippen LogP) is 1.42. The zero-order chi connectivity index (χ0) is 41.1. The average Bonchev–Trinajstić information content (AvgIpc) is 3.12. The first-order valence-corrected chi connectivity index (χ1v) is 18.6. The summed E-state index contributed by atoms with van der Waals surface area (Å²) < 4.78 is 27.9. The number of fused-ring (bicyclic) bond motifs is 3. The van der Waals surface area contributed by atoms with E-state index in [1.54, 1.807) is 6.92 Å². The third-order valence-electron chi connectivity index (χ3n) is 10.1. The van der Waals surface area contributed by atoms with Crippen LogP contribution in [0.15, 0.2) is 18.2 Å². The minimum atomic E-state index is -2.21. The minimum Gasteiger partial charge on any atom is -0.507 e. The van der Waals surface area contributed by atoms with E-state index in [0.29, 0.717) is 19.5 Å². The molecule has 6 atom stereocenters. The molecule has 2 aromatic rings. The number of aliphatic hydroxyl groups is 2. The van der Waals surface area contributed by atoms with Crippen LogP contribution in [0.2, 0.25) is 0 Å². The van der Waals surface area contributed by atoms with Crippen LogP contribution in [0.4, 0.5) is 0 Å². The van der Waals surface area contributed by atoms with E-state index in [1.807, 2.05) is 13.8 Å². The van der Waals surface area contributed by atoms with Crippen LogP contribution in [-0.2, 0) is 39.8 Å². The average molecular weight is 786 g/mol. The zero-order valence-corrected chi connectivity index (χ0v) is 32.3. The summed E-state index contributed by atoms with van der Waals surface area (Å²) in [5.41, 5.74) is -3.57. The van der Waals surface area contributed by atoms with Crippen molar-refractivity contribution >= 4 is 29.4 Å². The molecule has 17 nitrogen and oxygen atoms in total. The van der Waals surface area contributed by atoms with Gasteiger partial charge in [-0.1, -0.05) is 26.0 Å². The van der Waals surface area contributed by atoms with E-state index >= 15 is 0 Å². The van der Waals surface area contributed by atoms with Gasteiger partial charge in [0.25, 0.3) is 5.91 Å². The number of methoxy groups -OCH3 is 1. The number of carbonyl (C=O) groups excluding carboxylic acids is 5. The van der Waals surface area contributed by atoms with Gasteiger partial charge in [0.1, 0.15) is 22.8 Å². The second-order valence-corrected chi connectivity index (χ2v) is 14.6. The third-order valence-corrected chi connectivity index (χ3v) is 10.1. The number of carbonyl (C=O) groups is 5. The number of aromatic hydroxyl groups is 2. The summed E-state index contributed by atoms with van der Waals surface area (Å²) in [5, 5.41) is 55.8. The van der Waals surface area contributed by atoms with Crippen molar-refractivity contribution in [1.82, 2.24) is 16.0 Å². The van der Waals surface area contributed by atoms with Crippen LogP contribution in [0.1, 0.15) is 109 Å². The van der Waals surface area contributed by atoms with E-state index in [9.17, 15) is 44.4 Å². The summed E-state index contributed by atoms with van der Waals surface area (Å²) in [6.45, 7) is 8.72. The van der Waals surface area contributed by atoms with Crippen molar-refractivity contribution in [2.24, 2.45) is 0 Å². The number of phenolic OH excluding ortho intramolecular Hbond substituents is 2. The van der Waals surface area contributed by atoms with Gasteiger partial charge in [0.05, 0.1) is 42.1 Å². The molecular weight excluding hydrogens is 734 g/mol.